The fourth-order valence-corrected chi connectivity index (χ4v) is 1.45. The number of rotatable bonds is 4. The average molecular weight is 261 g/mol. The van der Waals surface area contributed by atoms with E-state index in [1.807, 2.05) is 0 Å². The monoisotopic (exact) mass is 261 g/mol. The number of nitrogens with zero attached hydrogens (tertiary/aromatic N) is 4. The molecule has 0 bridgehead atoms. The number of hydrogen-bond donors (Lipinski definition) is 1. The molecule has 0 saturated carbocycles. The van der Waals surface area contributed by atoms with Gasteiger partial charge in [0, 0.05) is 17.7 Å². The Labute approximate surface area is 108 Å². The molecule has 0 radical (unpaired) electrons. The molecule has 8 heteroatoms. The second-order valence-corrected chi connectivity index (χ2v) is 3.54. The standard InChI is InChI=1S/C11H11N5O3/c1-2-19-11-14-9(13-10(12)15-11)7-4-3-5-8(6-7)16(17)18/h3-6H,2H2,1H3,(H2,12,13,14,15). The van der Waals surface area contributed by atoms with Crippen LogP contribution in [-0.2, 0) is 0 Å². The lowest BCUT2D eigenvalue weighted by Gasteiger charge is -2.04. The second-order valence-electron chi connectivity index (χ2n) is 3.54. The number of nitrogens with two attached hydrogens (primary N) is 1. The zero-order chi connectivity index (χ0) is 13.8. The van der Waals surface area contributed by atoms with Gasteiger partial charge in [-0.15, -0.1) is 0 Å². The molecule has 19 heavy (non-hydrogen) atoms. The number of ether oxygens (including phenoxy) is 1. The van der Waals surface area contributed by atoms with Crippen molar-refractivity contribution in [2.75, 3.05) is 12.3 Å². The lowest BCUT2D eigenvalue weighted by Crippen LogP contribution is -2.04. The van der Waals surface area contributed by atoms with Crippen molar-refractivity contribution in [2.45, 2.75) is 6.92 Å². The van der Waals surface area contributed by atoms with Crippen LogP contribution in [0.25, 0.3) is 11.4 Å². The average Bonchev–Trinajstić information content (AvgIpc) is 2.38. The van der Waals surface area contributed by atoms with E-state index in [0.717, 1.165) is 0 Å². The van der Waals surface area contributed by atoms with E-state index < -0.39 is 4.92 Å². The highest BCUT2D eigenvalue weighted by Crippen LogP contribution is 2.22. The number of benzene rings is 1. The number of hydrogen-bond acceptors (Lipinski definition) is 7. The third-order valence-corrected chi connectivity index (χ3v) is 2.22. The number of anilines is 1. The normalized spacial score (nSPS) is 10.2. The quantitative estimate of drug-likeness (QED) is 0.653. The van der Waals surface area contributed by atoms with Crippen molar-refractivity contribution in [3.8, 4) is 17.4 Å². The molecule has 1 heterocycles. The van der Waals surface area contributed by atoms with Crippen molar-refractivity contribution >= 4 is 11.6 Å². The number of nitro groups is 1. The van der Waals surface area contributed by atoms with Crippen LogP contribution in [0.5, 0.6) is 6.01 Å². The zero-order valence-electron chi connectivity index (χ0n) is 10.1. The molecular formula is C11H11N5O3. The van der Waals surface area contributed by atoms with E-state index in [4.69, 9.17) is 10.5 Å². The molecule has 2 N–H and O–H groups in total. The molecule has 8 nitrogen and oxygen atoms in total. The van der Waals surface area contributed by atoms with Gasteiger partial charge in [-0.3, -0.25) is 10.1 Å². The lowest BCUT2D eigenvalue weighted by molar-refractivity contribution is -0.384. The summed E-state index contributed by atoms with van der Waals surface area (Å²) in [5.74, 6) is 0.236. The van der Waals surface area contributed by atoms with E-state index in [9.17, 15) is 10.1 Å². The van der Waals surface area contributed by atoms with Crippen LogP contribution in [0.4, 0.5) is 11.6 Å². The Kier molecular flexibility index (Phi) is 3.51. The van der Waals surface area contributed by atoms with Crippen LogP contribution in [0, 0.1) is 10.1 Å². The SMILES string of the molecule is CCOc1nc(N)nc(-c2cccc([N+](=O)[O-])c2)n1. The Bertz CT molecular complexity index is 617. The molecule has 0 fully saturated rings. The van der Waals surface area contributed by atoms with E-state index in [0.29, 0.717) is 12.2 Å². The number of non-ortho nitro benzene ring substituents is 1. The molecule has 2 aromatic rings. The Hall–Kier alpha value is -2.77. The molecule has 0 spiro atoms. The summed E-state index contributed by atoms with van der Waals surface area (Å²) in [4.78, 5) is 22.0. The molecule has 98 valence electrons. The summed E-state index contributed by atoms with van der Waals surface area (Å²) in [7, 11) is 0. The van der Waals surface area contributed by atoms with Gasteiger partial charge in [0.05, 0.1) is 11.5 Å². The van der Waals surface area contributed by atoms with Crippen LogP contribution in [0.15, 0.2) is 24.3 Å². The van der Waals surface area contributed by atoms with Crippen LogP contribution in [0.2, 0.25) is 0 Å². The molecule has 2 rings (SSSR count). The van der Waals surface area contributed by atoms with Gasteiger partial charge >= 0.3 is 6.01 Å². The van der Waals surface area contributed by atoms with Gasteiger partial charge in [-0.05, 0) is 6.92 Å². The predicted molar refractivity (Wildman–Crippen MR) is 67.5 cm³/mol. The summed E-state index contributed by atoms with van der Waals surface area (Å²) in [5.41, 5.74) is 5.98. The van der Waals surface area contributed by atoms with Gasteiger partial charge in [0.15, 0.2) is 5.82 Å². The van der Waals surface area contributed by atoms with E-state index >= 15 is 0 Å². The minimum Gasteiger partial charge on any atom is -0.464 e. The number of nitrogen functional groups attached to an aromatic ring is 1. The minimum atomic E-state index is -0.489. The highest BCUT2D eigenvalue weighted by Gasteiger charge is 2.11. The molecule has 0 aliphatic heterocycles. The van der Waals surface area contributed by atoms with Crippen molar-refractivity contribution in [3.63, 3.8) is 0 Å². The summed E-state index contributed by atoms with van der Waals surface area (Å²) in [6.45, 7) is 2.17. The third kappa shape index (κ3) is 2.92. The third-order valence-electron chi connectivity index (χ3n) is 2.22. The molecule has 0 atom stereocenters. The Morgan fingerprint density at radius 1 is 1.37 bits per heavy atom. The number of nitro benzene ring substituents is 1. The first-order valence-corrected chi connectivity index (χ1v) is 5.49. The summed E-state index contributed by atoms with van der Waals surface area (Å²) in [6.07, 6.45) is 0. The molecule has 1 aromatic carbocycles. The van der Waals surface area contributed by atoms with Gasteiger partial charge in [0.25, 0.3) is 5.69 Å². The number of aromatic nitrogens is 3. The van der Waals surface area contributed by atoms with Crippen molar-refractivity contribution in [1.82, 2.24) is 15.0 Å². The summed E-state index contributed by atoms with van der Waals surface area (Å²) < 4.78 is 5.15. The van der Waals surface area contributed by atoms with Crippen molar-refractivity contribution in [2.24, 2.45) is 0 Å². The van der Waals surface area contributed by atoms with Crippen LogP contribution in [0.3, 0.4) is 0 Å². The van der Waals surface area contributed by atoms with Gasteiger partial charge in [-0.25, -0.2) is 0 Å². The first kappa shape index (κ1) is 12.7. The minimum absolute atomic E-state index is 0.0000406. The first-order valence-electron chi connectivity index (χ1n) is 5.49. The summed E-state index contributed by atoms with van der Waals surface area (Å²) >= 11 is 0. The van der Waals surface area contributed by atoms with Crippen molar-refractivity contribution in [1.29, 1.82) is 0 Å². The lowest BCUT2D eigenvalue weighted by atomic mass is 10.2. The summed E-state index contributed by atoms with van der Waals surface area (Å²) in [6, 6.07) is 6.05. The van der Waals surface area contributed by atoms with Crippen LogP contribution < -0.4 is 10.5 Å². The maximum atomic E-state index is 10.7. The van der Waals surface area contributed by atoms with Crippen molar-refractivity contribution < 1.29 is 9.66 Å². The fraction of sp³-hybridized carbons (Fsp3) is 0.182. The Balaban J connectivity index is 2.46. The molecule has 0 amide bonds. The predicted octanol–water partition coefficient (Wildman–Crippen LogP) is 1.43. The molecule has 1 aromatic heterocycles. The van der Waals surface area contributed by atoms with Gasteiger partial charge in [0.1, 0.15) is 0 Å². The van der Waals surface area contributed by atoms with E-state index in [1.54, 1.807) is 19.1 Å². The Morgan fingerprint density at radius 3 is 2.84 bits per heavy atom. The van der Waals surface area contributed by atoms with Gasteiger partial charge in [-0.1, -0.05) is 12.1 Å². The molecule has 0 unspecified atom stereocenters. The van der Waals surface area contributed by atoms with Crippen molar-refractivity contribution in [3.05, 3.63) is 34.4 Å². The van der Waals surface area contributed by atoms with Crippen LogP contribution >= 0.6 is 0 Å². The molecule has 0 saturated heterocycles. The molecular weight excluding hydrogens is 250 g/mol. The van der Waals surface area contributed by atoms with Gasteiger partial charge in [0.2, 0.25) is 5.95 Å². The second kappa shape index (κ2) is 5.25. The Morgan fingerprint density at radius 2 is 2.16 bits per heavy atom. The first-order chi connectivity index (χ1) is 9.10. The molecule has 0 aliphatic rings. The van der Waals surface area contributed by atoms with Gasteiger partial charge < -0.3 is 10.5 Å². The van der Waals surface area contributed by atoms with Crippen LogP contribution in [-0.4, -0.2) is 26.5 Å². The molecule has 0 aliphatic carbocycles. The summed E-state index contributed by atoms with van der Waals surface area (Å²) in [5, 5.41) is 10.7. The highest BCUT2D eigenvalue weighted by molar-refractivity contribution is 5.60. The fourth-order valence-electron chi connectivity index (χ4n) is 1.45. The maximum absolute atomic E-state index is 10.7. The van der Waals surface area contributed by atoms with E-state index in [1.165, 1.54) is 12.1 Å². The van der Waals surface area contributed by atoms with E-state index in [-0.39, 0.29) is 23.5 Å². The smallest absolute Gasteiger partial charge is 0.321 e. The zero-order valence-corrected chi connectivity index (χ0v) is 10.1. The van der Waals surface area contributed by atoms with Crippen LogP contribution in [0.1, 0.15) is 6.92 Å². The van der Waals surface area contributed by atoms with E-state index in [2.05, 4.69) is 15.0 Å². The highest BCUT2D eigenvalue weighted by atomic mass is 16.6. The largest absolute Gasteiger partial charge is 0.464 e. The van der Waals surface area contributed by atoms with Gasteiger partial charge in [-0.2, -0.15) is 15.0 Å². The topological polar surface area (TPSA) is 117 Å². The maximum Gasteiger partial charge on any atom is 0.321 e.